The van der Waals surface area contributed by atoms with Gasteiger partial charge < -0.3 is 10.2 Å². The number of aromatic amines is 1. The summed E-state index contributed by atoms with van der Waals surface area (Å²) in [7, 11) is 0. The summed E-state index contributed by atoms with van der Waals surface area (Å²) in [5, 5.41) is 11.5. The molecule has 1 fully saturated rings. The minimum atomic E-state index is 0.461. The van der Waals surface area contributed by atoms with Gasteiger partial charge in [-0.3, -0.25) is 5.10 Å². The molecule has 5 nitrogen and oxygen atoms in total. The zero-order chi connectivity index (χ0) is 14.1. The van der Waals surface area contributed by atoms with Crippen molar-refractivity contribution in [3.63, 3.8) is 0 Å². The maximum Gasteiger partial charge on any atom is 0.245 e. The van der Waals surface area contributed by atoms with Gasteiger partial charge in [-0.05, 0) is 37.6 Å². The molecule has 6 heteroatoms. The summed E-state index contributed by atoms with van der Waals surface area (Å²) in [5.74, 6) is 1.56. The van der Waals surface area contributed by atoms with Crippen LogP contribution in [0.25, 0.3) is 11.4 Å². The molecule has 0 aliphatic carbocycles. The predicted molar refractivity (Wildman–Crippen MR) is 81.2 cm³/mol. The van der Waals surface area contributed by atoms with Gasteiger partial charge in [0.05, 0.1) is 0 Å². The lowest BCUT2D eigenvalue weighted by atomic mass is 10.1. The molecule has 0 amide bonds. The zero-order valence-corrected chi connectivity index (χ0v) is 12.4. The van der Waals surface area contributed by atoms with E-state index in [9.17, 15) is 0 Å². The topological polar surface area (TPSA) is 56.8 Å². The van der Waals surface area contributed by atoms with Gasteiger partial charge in [0.2, 0.25) is 5.95 Å². The number of aryl methyl sites for hydroxylation is 1. The highest BCUT2D eigenvalue weighted by Gasteiger charge is 2.19. The minimum absolute atomic E-state index is 0.461. The molecule has 0 radical (unpaired) electrons. The fourth-order valence-electron chi connectivity index (χ4n) is 2.52. The molecule has 1 aromatic carbocycles. The van der Waals surface area contributed by atoms with E-state index in [1.807, 2.05) is 25.1 Å². The molecule has 2 heterocycles. The first-order chi connectivity index (χ1) is 9.63. The van der Waals surface area contributed by atoms with Gasteiger partial charge in [0.1, 0.15) is 0 Å². The summed E-state index contributed by atoms with van der Waals surface area (Å²) in [6.45, 7) is 7.02. The Morgan fingerprint density at radius 3 is 3.00 bits per heavy atom. The van der Waals surface area contributed by atoms with Crippen LogP contribution in [0.3, 0.4) is 0 Å². The van der Waals surface area contributed by atoms with Crippen molar-refractivity contribution in [3.05, 3.63) is 28.8 Å². The number of piperazine rings is 1. The van der Waals surface area contributed by atoms with Crippen molar-refractivity contribution in [2.24, 2.45) is 0 Å². The Kier molecular flexibility index (Phi) is 3.63. The van der Waals surface area contributed by atoms with Crippen LogP contribution in [-0.4, -0.2) is 40.9 Å². The zero-order valence-electron chi connectivity index (χ0n) is 11.7. The second-order valence-corrected chi connectivity index (χ2v) is 5.68. The van der Waals surface area contributed by atoms with Gasteiger partial charge in [0, 0.05) is 36.3 Å². The predicted octanol–water partition coefficient (Wildman–Crippen LogP) is 2.23. The molecule has 0 bridgehead atoms. The number of aromatic nitrogens is 3. The van der Waals surface area contributed by atoms with Crippen molar-refractivity contribution in [1.82, 2.24) is 20.5 Å². The second kappa shape index (κ2) is 5.42. The average Bonchev–Trinajstić information content (AvgIpc) is 2.88. The van der Waals surface area contributed by atoms with Gasteiger partial charge in [-0.2, -0.15) is 4.98 Å². The van der Waals surface area contributed by atoms with Crippen LogP contribution in [0.15, 0.2) is 18.2 Å². The molecule has 1 aliphatic heterocycles. The normalized spacial score (nSPS) is 19.4. The fraction of sp³-hybridized carbons (Fsp3) is 0.429. The number of hydrogen-bond acceptors (Lipinski definition) is 4. The lowest BCUT2D eigenvalue weighted by Gasteiger charge is -2.30. The Morgan fingerprint density at radius 1 is 1.40 bits per heavy atom. The third kappa shape index (κ3) is 2.64. The van der Waals surface area contributed by atoms with Gasteiger partial charge in [-0.25, -0.2) is 0 Å². The van der Waals surface area contributed by atoms with Crippen LogP contribution in [0.2, 0.25) is 5.02 Å². The van der Waals surface area contributed by atoms with Crippen molar-refractivity contribution in [2.75, 3.05) is 24.5 Å². The lowest BCUT2D eigenvalue weighted by molar-refractivity contribution is 0.480. The van der Waals surface area contributed by atoms with E-state index in [-0.39, 0.29) is 0 Å². The van der Waals surface area contributed by atoms with E-state index in [1.165, 1.54) is 0 Å². The van der Waals surface area contributed by atoms with Crippen LogP contribution in [0, 0.1) is 6.92 Å². The molecule has 0 unspecified atom stereocenters. The number of H-pyrrole nitrogens is 1. The van der Waals surface area contributed by atoms with Gasteiger partial charge in [0.15, 0.2) is 5.82 Å². The summed E-state index contributed by atoms with van der Waals surface area (Å²) in [6, 6.07) is 6.25. The van der Waals surface area contributed by atoms with Crippen LogP contribution < -0.4 is 10.2 Å². The third-order valence-electron chi connectivity index (χ3n) is 3.57. The van der Waals surface area contributed by atoms with Crippen molar-refractivity contribution in [1.29, 1.82) is 0 Å². The second-order valence-electron chi connectivity index (χ2n) is 5.24. The average molecular weight is 292 g/mol. The van der Waals surface area contributed by atoms with Crippen LogP contribution in [0.4, 0.5) is 5.95 Å². The Hall–Kier alpha value is -1.59. The Labute approximate surface area is 123 Å². The van der Waals surface area contributed by atoms with Crippen molar-refractivity contribution < 1.29 is 0 Å². The van der Waals surface area contributed by atoms with E-state index < -0.39 is 0 Å². The number of anilines is 1. The summed E-state index contributed by atoms with van der Waals surface area (Å²) in [4.78, 5) is 6.82. The summed E-state index contributed by atoms with van der Waals surface area (Å²) in [5.41, 5.74) is 2.13. The molecule has 1 aromatic heterocycles. The summed E-state index contributed by atoms with van der Waals surface area (Å²) < 4.78 is 0. The molecule has 106 valence electrons. The Morgan fingerprint density at radius 2 is 2.25 bits per heavy atom. The quantitative estimate of drug-likeness (QED) is 0.891. The van der Waals surface area contributed by atoms with Gasteiger partial charge in [0.25, 0.3) is 0 Å². The fourth-order valence-corrected chi connectivity index (χ4v) is 2.75. The van der Waals surface area contributed by atoms with Crippen LogP contribution in [0.5, 0.6) is 0 Å². The molecule has 2 aromatic rings. The number of benzene rings is 1. The Bertz CT molecular complexity index is 609. The minimum Gasteiger partial charge on any atom is -0.337 e. The Balaban J connectivity index is 1.86. The van der Waals surface area contributed by atoms with E-state index in [1.54, 1.807) is 0 Å². The highest BCUT2D eigenvalue weighted by molar-refractivity contribution is 6.30. The van der Waals surface area contributed by atoms with Crippen LogP contribution >= 0.6 is 11.6 Å². The first-order valence-corrected chi connectivity index (χ1v) is 7.18. The summed E-state index contributed by atoms with van der Waals surface area (Å²) >= 11 is 5.99. The molecule has 1 saturated heterocycles. The third-order valence-corrected chi connectivity index (χ3v) is 3.80. The molecule has 2 N–H and O–H groups in total. The molecule has 0 spiro atoms. The van der Waals surface area contributed by atoms with Crippen molar-refractivity contribution in [3.8, 4) is 11.4 Å². The maximum atomic E-state index is 5.99. The van der Waals surface area contributed by atoms with Crippen molar-refractivity contribution >= 4 is 17.5 Å². The van der Waals surface area contributed by atoms with E-state index in [0.29, 0.717) is 6.04 Å². The van der Waals surface area contributed by atoms with E-state index in [4.69, 9.17) is 11.6 Å². The number of halogens is 1. The molecular weight excluding hydrogens is 274 g/mol. The number of hydrogen-bond donors (Lipinski definition) is 2. The van der Waals surface area contributed by atoms with E-state index in [0.717, 1.165) is 47.6 Å². The van der Waals surface area contributed by atoms with Crippen LogP contribution in [0.1, 0.15) is 12.5 Å². The summed E-state index contributed by atoms with van der Waals surface area (Å²) in [6.07, 6.45) is 0. The van der Waals surface area contributed by atoms with Gasteiger partial charge in [-0.15, -0.1) is 5.10 Å². The smallest absolute Gasteiger partial charge is 0.245 e. The van der Waals surface area contributed by atoms with Crippen LogP contribution in [-0.2, 0) is 0 Å². The first kappa shape index (κ1) is 13.4. The molecule has 1 atom stereocenters. The highest BCUT2D eigenvalue weighted by atomic mass is 35.5. The molecule has 20 heavy (non-hydrogen) atoms. The number of rotatable bonds is 2. The molecule has 1 aliphatic rings. The lowest BCUT2D eigenvalue weighted by Crippen LogP contribution is -2.49. The van der Waals surface area contributed by atoms with Crippen molar-refractivity contribution in [2.45, 2.75) is 19.9 Å². The largest absolute Gasteiger partial charge is 0.337 e. The first-order valence-electron chi connectivity index (χ1n) is 6.81. The van der Waals surface area contributed by atoms with Gasteiger partial charge in [-0.1, -0.05) is 11.6 Å². The molecular formula is C14H18ClN5. The van der Waals surface area contributed by atoms with E-state index in [2.05, 4.69) is 32.3 Å². The highest BCUT2D eigenvalue weighted by Crippen LogP contribution is 2.24. The molecule has 0 saturated carbocycles. The van der Waals surface area contributed by atoms with Gasteiger partial charge >= 0.3 is 0 Å². The standard InChI is InChI=1S/C14H18ClN5/c1-9-7-11(15)3-4-12(9)13-17-14(19-18-13)20-6-5-16-10(2)8-20/h3-4,7,10,16H,5-6,8H2,1-2H3,(H,17,18,19)/t10-/m1/s1. The maximum absolute atomic E-state index is 5.99. The number of nitrogens with one attached hydrogen (secondary N) is 2. The SMILES string of the molecule is Cc1cc(Cl)ccc1-c1nc(N2CCN[C@H](C)C2)n[nH]1. The number of nitrogens with zero attached hydrogens (tertiary/aromatic N) is 3. The molecule has 3 rings (SSSR count). The van der Waals surface area contributed by atoms with E-state index >= 15 is 0 Å². The monoisotopic (exact) mass is 291 g/mol.